The highest BCUT2D eigenvalue weighted by molar-refractivity contribution is 7.89. The monoisotopic (exact) mass is 340 g/mol. The van der Waals surface area contributed by atoms with Gasteiger partial charge in [-0.3, -0.25) is 0 Å². The first-order valence-electron chi connectivity index (χ1n) is 7.57. The van der Waals surface area contributed by atoms with Crippen LogP contribution in [0, 0.1) is 18.2 Å². The number of halogens is 1. The Labute approximate surface area is 135 Å². The lowest BCUT2D eigenvalue weighted by Crippen LogP contribution is -2.53. The van der Waals surface area contributed by atoms with Gasteiger partial charge in [-0.2, -0.15) is 4.31 Å². The van der Waals surface area contributed by atoms with Crippen molar-refractivity contribution in [1.82, 2.24) is 4.31 Å². The molecular formula is C16H21FN2O3S. The summed E-state index contributed by atoms with van der Waals surface area (Å²) < 4.78 is 46.3. The molecule has 1 aliphatic rings. The first-order chi connectivity index (χ1) is 10.6. The number of aryl methyl sites for hydroxylation is 1. The molecule has 0 aliphatic carbocycles. The van der Waals surface area contributed by atoms with Crippen LogP contribution in [-0.4, -0.2) is 31.9 Å². The predicted octanol–water partition coefficient (Wildman–Crippen LogP) is 2.63. The van der Waals surface area contributed by atoms with Gasteiger partial charge in [0.1, 0.15) is 11.4 Å². The smallest absolute Gasteiger partial charge is 0.276 e. The fraction of sp³-hybridized carbons (Fsp3) is 0.500. The van der Waals surface area contributed by atoms with Crippen molar-refractivity contribution < 1.29 is 17.2 Å². The Bertz CT molecular complexity index is 858. The number of benzene rings is 1. The lowest BCUT2D eigenvalue weighted by molar-refractivity contribution is 0.154. The molecular weight excluding hydrogens is 319 g/mol. The topological polar surface area (TPSA) is 76.5 Å². The fourth-order valence-corrected chi connectivity index (χ4v) is 4.84. The number of nitrogens with zero attached hydrogens (tertiary/aromatic N) is 1. The lowest BCUT2D eigenvalue weighted by atomic mass is 9.81. The summed E-state index contributed by atoms with van der Waals surface area (Å²) in [5.74, 6) is -0.421. The Morgan fingerprint density at radius 1 is 1.39 bits per heavy atom. The van der Waals surface area contributed by atoms with Crippen molar-refractivity contribution in [2.24, 2.45) is 11.1 Å². The zero-order valence-electron chi connectivity index (χ0n) is 13.5. The maximum atomic E-state index is 13.4. The molecule has 7 heteroatoms. The minimum Gasteiger partial charge on any atom is -0.443 e. The van der Waals surface area contributed by atoms with Gasteiger partial charge in [0.05, 0.1) is 0 Å². The van der Waals surface area contributed by atoms with E-state index in [-0.39, 0.29) is 16.5 Å². The van der Waals surface area contributed by atoms with Gasteiger partial charge in [0.2, 0.25) is 5.09 Å². The number of rotatable bonds is 2. The standard InChI is InChI=1S/C16H21FN2O3S/c1-10-12-8-11(17)4-5-13(12)22-15(10)23(20,21)19-7-6-14(18)16(2,3)9-19/h4-5,8,14H,6-7,9,18H2,1-3H3. The third-order valence-corrected chi connectivity index (χ3v) is 6.56. The van der Waals surface area contributed by atoms with Gasteiger partial charge in [0.15, 0.2) is 0 Å². The van der Waals surface area contributed by atoms with Crippen LogP contribution in [0.4, 0.5) is 4.39 Å². The van der Waals surface area contributed by atoms with Crippen molar-refractivity contribution in [2.75, 3.05) is 13.1 Å². The van der Waals surface area contributed by atoms with E-state index in [0.717, 1.165) is 0 Å². The molecule has 23 heavy (non-hydrogen) atoms. The van der Waals surface area contributed by atoms with E-state index in [0.29, 0.717) is 36.0 Å². The molecule has 0 radical (unpaired) electrons. The first-order valence-corrected chi connectivity index (χ1v) is 9.01. The van der Waals surface area contributed by atoms with Crippen LogP contribution >= 0.6 is 0 Å². The molecule has 2 heterocycles. The minimum atomic E-state index is -3.77. The molecule has 0 amide bonds. The van der Waals surface area contributed by atoms with E-state index in [9.17, 15) is 12.8 Å². The number of piperidine rings is 1. The Balaban J connectivity index is 2.05. The molecule has 1 fully saturated rings. The van der Waals surface area contributed by atoms with E-state index in [1.54, 1.807) is 6.92 Å². The molecule has 2 N–H and O–H groups in total. The first kappa shape index (κ1) is 16.4. The molecule has 1 aliphatic heterocycles. The van der Waals surface area contributed by atoms with E-state index >= 15 is 0 Å². The average Bonchev–Trinajstić information content (AvgIpc) is 2.79. The van der Waals surface area contributed by atoms with Gasteiger partial charge in [0.25, 0.3) is 10.0 Å². The van der Waals surface area contributed by atoms with E-state index in [4.69, 9.17) is 10.2 Å². The quantitative estimate of drug-likeness (QED) is 0.912. The van der Waals surface area contributed by atoms with Crippen LogP contribution in [0.5, 0.6) is 0 Å². The highest BCUT2D eigenvalue weighted by atomic mass is 32.2. The molecule has 0 bridgehead atoms. The molecule has 0 saturated carbocycles. The second-order valence-electron chi connectivity index (χ2n) is 6.88. The second kappa shape index (κ2) is 5.29. The summed E-state index contributed by atoms with van der Waals surface area (Å²) >= 11 is 0. The van der Waals surface area contributed by atoms with E-state index in [2.05, 4.69) is 0 Å². The highest BCUT2D eigenvalue weighted by Crippen LogP contribution is 2.35. The lowest BCUT2D eigenvalue weighted by Gasteiger charge is -2.41. The van der Waals surface area contributed by atoms with Crippen molar-refractivity contribution in [3.63, 3.8) is 0 Å². The maximum absolute atomic E-state index is 13.4. The van der Waals surface area contributed by atoms with Crippen LogP contribution in [-0.2, 0) is 10.0 Å². The second-order valence-corrected chi connectivity index (χ2v) is 8.71. The summed E-state index contributed by atoms with van der Waals surface area (Å²) in [5, 5.41) is 0.376. The van der Waals surface area contributed by atoms with Gasteiger partial charge in [-0.25, -0.2) is 12.8 Å². The summed E-state index contributed by atoms with van der Waals surface area (Å²) in [7, 11) is -3.77. The van der Waals surface area contributed by atoms with Gasteiger partial charge in [0, 0.05) is 30.1 Å². The summed E-state index contributed by atoms with van der Waals surface area (Å²) in [4.78, 5) is 0. The van der Waals surface area contributed by atoms with Crippen LogP contribution in [0.25, 0.3) is 11.0 Å². The van der Waals surface area contributed by atoms with Crippen LogP contribution in [0.3, 0.4) is 0 Å². The van der Waals surface area contributed by atoms with Crippen LogP contribution in [0.2, 0.25) is 0 Å². The summed E-state index contributed by atoms with van der Waals surface area (Å²) in [6, 6.07) is 3.96. The Kier molecular flexibility index (Phi) is 3.78. The molecule has 2 aromatic rings. The molecule has 1 aromatic carbocycles. The van der Waals surface area contributed by atoms with E-state index in [1.165, 1.54) is 22.5 Å². The number of hydrogen-bond donors (Lipinski definition) is 1. The number of fused-ring (bicyclic) bond motifs is 1. The van der Waals surface area contributed by atoms with Crippen LogP contribution in [0.15, 0.2) is 27.7 Å². The van der Waals surface area contributed by atoms with Crippen molar-refractivity contribution in [1.29, 1.82) is 0 Å². The largest absolute Gasteiger partial charge is 0.443 e. The molecule has 1 aromatic heterocycles. The predicted molar refractivity (Wildman–Crippen MR) is 86.0 cm³/mol. The molecule has 0 spiro atoms. The fourth-order valence-electron chi connectivity index (χ4n) is 3.06. The maximum Gasteiger partial charge on any atom is 0.276 e. The third kappa shape index (κ3) is 2.66. The van der Waals surface area contributed by atoms with Crippen LogP contribution < -0.4 is 5.73 Å². The van der Waals surface area contributed by atoms with Gasteiger partial charge >= 0.3 is 0 Å². The van der Waals surface area contributed by atoms with Gasteiger partial charge in [-0.15, -0.1) is 0 Å². The summed E-state index contributed by atoms with van der Waals surface area (Å²) in [6.45, 7) is 6.25. The molecule has 1 unspecified atom stereocenters. The summed E-state index contributed by atoms with van der Waals surface area (Å²) in [6.07, 6.45) is 0.597. The molecule has 1 atom stereocenters. The highest BCUT2D eigenvalue weighted by Gasteiger charge is 2.40. The minimum absolute atomic E-state index is 0.0418. The van der Waals surface area contributed by atoms with E-state index < -0.39 is 15.8 Å². The number of furan rings is 1. The van der Waals surface area contributed by atoms with E-state index in [1.807, 2.05) is 13.8 Å². The summed E-state index contributed by atoms with van der Waals surface area (Å²) in [5.41, 5.74) is 6.58. The number of hydrogen-bond acceptors (Lipinski definition) is 4. The van der Waals surface area contributed by atoms with Crippen molar-refractivity contribution >= 4 is 21.0 Å². The Hall–Kier alpha value is -1.44. The number of nitrogens with two attached hydrogens (primary N) is 1. The Morgan fingerprint density at radius 3 is 2.74 bits per heavy atom. The molecule has 5 nitrogen and oxygen atoms in total. The van der Waals surface area contributed by atoms with Gasteiger partial charge in [-0.1, -0.05) is 13.8 Å². The third-order valence-electron chi connectivity index (χ3n) is 4.71. The number of sulfonamides is 1. The van der Waals surface area contributed by atoms with Gasteiger partial charge < -0.3 is 10.2 Å². The van der Waals surface area contributed by atoms with Crippen LogP contribution in [0.1, 0.15) is 25.8 Å². The average molecular weight is 340 g/mol. The van der Waals surface area contributed by atoms with Crippen molar-refractivity contribution in [3.8, 4) is 0 Å². The molecule has 1 saturated heterocycles. The Morgan fingerprint density at radius 2 is 2.09 bits per heavy atom. The zero-order chi connectivity index (χ0) is 17.0. The normalized spacial score (nSPS) is 22.6. The zero-order valence-corrected chi connectivity index (χ0v) is 14.3. The van der Waals surface area contributed by atoms with Crippen molar-refractivity contribution in [2.45, 2.75) is 38.3 Å². The van der Waals surface area contributed by atoms with Gasteiger partial charge in [-0.05, 0) is 37.0 Å². The van der Waals surface area contributed by atoms with Crippen molar-refractivity contribution in [3.05, 3.63) is 29.6 Å². The SMILES string of the molecule is Cc1c(S(=O)(=O)N2CCC(N)C(C)(C)C2)oc2ccc(F)cc12. The molecule has 3 rings (SSSR count). The molecule has 126 valence electrons.